The summed E-state index contributed by atoms with van der Waals surface area (Å²) in [4.78, 5) is 0. The van der Waals surface area contributed by atoms with Crippen molar-refractivity contribution in [2.24, 2.45) is 0 Å². The van der Waals surface area contributed by atoms with Crippen molar-refractivity contribution in [1.29, 1.82) is 0 Å². The van der Waals surface area contributed by atoms with Crippen LogP contribution in [0, 0.1) is 6.92 Å². The summed E-state index contributed by atoms with van der Waals surface area (Å²) < 4.78 is 10.4. The summed E-state index contributed by atoms with van der Waals surface area (Å²) in [6.45, 7) is 13.6. The first-order valence-electron chi connectivity index (χ1n) is 9.80. The van der Waals surface area contributed by atoms with E-state index in [-0.39, 0.29) is 5.04 Å². The largest absolute Gasteiger partial charge is 0.414 e. The highest BCUT2D eigenvalue weighted by Crippen LogP contribution is 2.43. The molecule has 0 saturated heterocycles. The van der Waals surface area contributed by atoms with E-state index in [9.17, 15) is 0 Å². The molecule has 0 aliphatic heterocycles. The van der Waals surface area contributed by atoms with Crippen LogP contribution in [0.5, 0.6) is 0 Å². The Morgan fingerprint density at radius 2 is 1.93 bits per heavy atom. The summed E-state index contributed by atoms with van der Waals surface area (Å²) >= 11 is 6.14. The second kappa shape index (κ2) is 6.68. The first-order chi connectivity index (χ1) is 13.1. The van der Waals surface area contributed by atoms with Gasteiger partial charge in [0.05, 0.1) is 28.5 Å². The molecule has 8 heteroatoms. The molecular formula is C20H28ClN5OSi. The van der Waals surface area contributed by atoms with E-state index in [2.05, 4.69) is 60.9 Å². The van der Waals surface area contributed by atoms with Gasteiger partial charge in [0.1, 0.15) is 5.69 Å². The minimum Gasteiger partial charge on any atom is -0.414 e. The van der Waals surface area contributed by atoms with E-state index in [1.54, 1.807) is 10.7 Å². The average molecular weight is 418 g/mol. The summed E-state index contributed by atoms with van der Waals surface area (Å²) in [7, 11) is -1.72. The van der Waals surface area contributed by atoms with Crippen LogP contribution in [0.3, 0.4) is 0 Å². The van der Waals surface area contributed by atoms with E-state index in [1.165, 1.54) is 0 Å². The highest BCUT2D eigenvalue weighted by atomic mass is 35.5. The fourth-order valence-corrected chi connectivity index (χ4v) is 5.05. The normalized spacial score (nSPS) is 20.5. The fraction of sp³-hybridized carbons (Fsp3) is 0.550. The summed E-state index contributed by atoms with van der Waals surface area (Å²) in [5.41, 5.74) is 3.85. The number of halogens is 1. The van der Waals surface area contributed by atoms with Gasteiger partial charge in [-0.2, -0.15) is 5.10 Å². The first-order valence-corrected chi connectivity index (χ1v) is 13.1. The Hall–Kier alpha value is -1.70. The summed E-state index contributed by atoms with van der Waals surface area (Å²) in [5, 5.41) is 14.1. The van der Waals surface area contributed by atoms with Gasteiger partial charge in [-0.15, -0.1) is 5.10 Å². The van der Waals surface area contributed by atoms with Gasteiger partial charge in [0.2, 0.25) is 0 Å². The Morgan fingerprint density at radius 1 is 1.21 bits per heavy atom. The van der Waals surface area contributed by atoms with E-state index in [0.29, 0.717) is 17.2 Å². The zero-order chi connectivity index (χ0) is 20.3. The van der Waals surface area contributed by atoms with Gasteiger partial charge in [-0.1, -0.05) is 37.6 Å². The van der Waals surface area contributed by atoms with Gasteiger partial charge in [-0.25, -0.2) is 9.20 Å². The fourth-order valence-electron chi connectivity index (χ4n) is 3.47. The third kappa shape index (κ3) is 3.29. The molecule has 4 rings (SSSR count). The molecule has 6 nitrogen and oxygen atoms in total. The lowest BCUT2D eigenvalue weighted by atomic mass is 9.89. The van der Waals surface area contributed by atoms with Crippen LogP contribution >= 0.6 is 11.6 Å². The summed E-state index contributed by atoms with van der Waals surface area (Å²) in [6.07, 6.45) is 5.95. The zero-order valence-electron chi connectivity index (χ0n) is 17.4. The predicted molar refractivity (Wildman–Crippen MR) is 114 cm³/mol. The van der Waals surface area contributed by atoms with Crippen LogP contribution in [0.25, 0.3) is 16.8 Å². The Balaban J connectivity index is 1.49. The lowest BCUT2D eigenvalue weighted by molar-refractivity contribution is 0.0511. The van der Waals surface area contributed by atoms with E-state index in [4.69, 9.17) is 16.0 Å². The molecule has 0 radical (unpaired) electrons. The molecule has 1 aliphatic carbocycles. The standard InChI is InChI=1S/C20H28ClN5OSi/c1-13-19(14-7-8-18-17(21)11-22-25(18)12-14)23-24-26(13)15-9-16(10-15)27-28(5,6)20(2,3)4/h7-8,11-12,15-16H,9-10H2,1-6H3. The van der Waals surface area contributed by atoms with Crippen LogP contribution < -0.4 is 0 Å². The van der Waals surface area contributed by atoms with Crippen molar-refractivity contribution in [3.63, 3.8) is 0 Å². The van der Waals surface area contributed by atoms with Crippen molar-refractivity contribution < 1.29 is 4.43 Å². The average Bonchev–Trinajstić information content (AvgIpc) is 3.13. The number of aromatic nitrogens is 5. The molecule has 3 aromatic rings. The molecule has 150 valence electrons. The van der Waals surface area contributed by atoms with Gasteiger partial charge in [0, 0.05) is 17.9 Å². The quantitative estimate of drug-likeness (QED) is 0.542. The molecule has 1 saturated carbocycles. The topological polar surface area (TPSA) is 57.2 Å². The van der Waals surface area contributed by atoms with E-state index in [1.807, 2.05) is 18.3 Å². The molecule has 1 fully saturated rings. The number of hydrogen-bond acceptors (Lipinski definition) is 4. The van der Waals surface area contributed by atoms with Crippen molar-refractivity contribution in [1.82, 2.24) is 24.6 Å². The highest BCUT2D eigenvalue weighted by Gasteiger charge is 2.43. The molecule has 0 atom stereocenters. The summed E-state index contributed by atoms with van der Waals surface area (Å²) in [6, 6.07) is 4.35. The third-order valence-electron chi connectivity index (χ3n) is 6.35. The lowest BCUT2D eigenvalue weighted by Crippen LogP contribution is -2.48. The smallest absolute Gasteiger partial charge is 0.192 e. The molecule has 3 heterocycles. The number of pyridine rings is 1. The minimum atomic E-state index is -1.72. The lowest BCUT2D eigenvalue weighted by Gasteiger charge is -2.44. The van der Waals surface area contributed by atoms with Crippen molar-refractivity contribution in [3.8, 4) is 11.3 Å². The first kappa shape index (κ1) is 19.6. The highest BCUT2D eigenvalue weighted by molar-refractivity contribution is 6.74. The van der Waals surface area contributed by atoms with Crippen LogP contribution in [0.4, 0.5) is 0 Å². The molecule has 0 unspecified atom stereocenters. The van der Waals surface area contributed by atoms with Gasteiger partial charge < -0.3 is 4.43 Å². The Labute approximate surface area is 172 Å². The molecule has 0 spiro atoms. The van der Waals surface area contributed by atoms with Gasteiger partial charge in [0.15, 0.2) is 8.32 Å². The van der Waals surface area contributed by atoms with Crippen molar-refractivity contribution in [2.75, 3.05) is 0 Å². The van der Waals surface area contributed by atoms with E-state index in [0.717, 1.165) is 35.3 Å². The maximum Gasteiger partial charge on any atom is 0.192 e. The van der Waals surface area contributed by atoms with Crippen molar-refractivity contribution >= 4 is 25.4 Å². The molecule has 1 aliphatic rings. The molecule has 0 bridgehead atoms. The van der Waals surface area contributed by atoms with Crippen molar-refractivity contribution in [3.05, 3.63) is 35.2 Å². The Bertz CT molecular complexity index is 1010. The Morgan fingerprint density at radius 3 is 2.61 bits per heavy atom. The van der Waals surface area contributed by atoms with Crippen LogP contribution in [0.2, 0.25) is 23.2 Å². The molecule has 28 heavy (non-hydrogen) atoms. The maximum absolute atomic E-state index is 6.53. The molecule has 0 N–H and O–H groups in total. The molecular weight excluding hydrogens is 390 g/mol. The van der Waals surface area contributed by atoms with Gasteiger partial charge in [-0.05, 0) is 50.0 Å². The minimum absolute atomic E-state index is 0.239. The van der Waals surface area contributed by atoms with E-state index >= 15 is 0 Å². The van der Waals surface area contributed by atoms with E-state index < -0.39 is 8.32 Å². The number of hydrogen-bond donors (Lipinski definition) is 0. The second-order valence-corrected chi connectivity index (χ2v) is 14.5. The third-order valence-corrected chi connectivity index (χ3v) is 11.2. The Kier molecular flexibility index (Phi) is 4.67. The van der Waals surface area contributed by atoms with Crippen LogP contribution in [0.15, 0.2) is 24.5 Å². The van der Waals surface area contributed by atoms with Gasteiger partial charge >= 0.3 is 0 Å². The van der Waals surface area contributed by atoms with Crippen LogP contribution in [0.1, 0.15) is 45.3 Å². The predicted octanol–water partition coefficient (Wildman–Crippen LogP) is 5.28. The van der Waals surface area contributed by atoms with Crippen LogP contribution in [-0.2, 0) is 4.43 Å². The molecule has 0 aromatic carbocycles. The van der Waals surface area contributed by atoms with Crippen molar-refractivity contribution in [2.45, 2.75) is 70.8 Å². The number of fused-ring (bicyclic) bond motifs is 1. The SMILES string of the molecule is Cc1c(-c2ccc3c(Cl)cnn3c2)nnn1C1CC(O[Si](C)(C)C(C)(C)C)C1. The number of nitrogens with zero attached hydrogens (tertiary/aromatic N) is 5. The van der Waals surface area contributed by atoms with Crippen LogP contribution in [-0.4, -0.2) is 39.0 Å². The molecule has 3 aromatic heterocycles. The monoisotopic (exact) mass is 417 g/mol. The molecule has 0 amide bonds. The zero-order valence-corrected chi connectivity index (χ0v) is 19.2. The number of rotatable bonds is 4. The van der Waals surface area contributed by atoms with Gasteiger partial charge in [0.25, 0.3) is 0 Å². The van der Waals surface area contributed by atoms with Gasteiger partial charge in [-0.3, -0.25) is 0 Å². The second-order valence-electron chi connectivity index (χ2n) is 9.33. The maximum atomic E-state index is 6.53. The summed E-state index contributed by atoms with van der Waals surface area (Å²) in [5.74, 6) is 0.